The van der Waals surface area contributed by atoms with E-state index in [0.29, 0.717) is 31.8 Å². The van der Waals surface area contributed by atoms with Gasteiger partial charge < -0.3 is 5.32 Å². The molecule has 0 saturated heterocycles. The highest BCUT2D eigenvalue weighted by molar-refractivity contribution is 7.91. The second-order valence-electron chi connectivity index (χ2n) is 4.24. The van der Waals surface area contributed by atoms with Gasteiger partial charge in [0.05, 0.1) is 5.75 Å². The molecule has 0 saturated carbocycles. The van der Waals surface area contributed by atoms with Gasteiger partial charge in [-0.1, -0.05) is 20.8 Å². The Balaban J connectivity index is 3.59. The first-order valence-corrected chi connectivity index (χ1v) is 7.65. The summed E-state index contributed by atoms with van der Waals surface area (Å²) in [4.78, 5) is 11.4. The highest BCUT2D eigenvalue weighted by Crippen LogP contribution is 2.00. The van der Waals surface area contributed by atoms with Crippen LogP contribution in [0.15, 0.2) is 0 Å². The number of carbonyl (C=O) groups excluding carboxylic acids is 1. The van der Waals surface area contributed by atoms with E-state index in [2.05, 4.69) is 5.32 Å². The van der Waals surface area contributed by atoms with Crippen LogP contribution in [-0.4, -0.2) is 38.3 Å². The fourth-order valence-corrected chi connectivity index (χ4v) is 2.13. The molecule has 5 heteroatoms. The molecule has 1 N–H and O–H groups in total. The van der Waals surface area contributed by atoms with Crippen LogP contribution in [-0.2, 0) is 14.6 Å². The van der Waals surface area contributed by atoms with Gasteiger partial charge in [0.15, 0.2) is 0 Å². The number of hydrogen-bond donors (Lipinski definition) is 1. The third kappa shape index (κ3) is 8.85. The quantitative estimate of drug-likeness (QED) is 0.666. The van der Waals surface area contributed by atoms with Crippen LogP contribution in [0.4, 0.5) is 0 Å². The Kier molecular flexibility index (Phi) is 7.58. The predicted octanol–water partition coefficient (Wildman–Crippen LogP) is 1.16. The standard InChI is InChI=1S/C11H23NO3S/c1-4-16(14,15)9-5-6-11(13)7-8-12-10(2)3/h10,12H,4-9H2,1-3H3. The molecule has 0 aliphatic heterocycles. The topological polar surface area (TPSA) is 63.2 Å². The van der Waals surface area contributed by atoms with Gasteiger partial charge in [0.2, 0.25) is 0 Å². The Hall–Kier alpha value is -0.420. The Morgan fingerprint density at radius 1 is 1.25 bits per heavy atom. The third-order valence-electron chi connectivity index (χ3n) is 2.31. The minimum Gasteiger partial charge on any atom is -0.314 e. The largest absolute Gasteiger partial charge is 0.314 e. The van der Waals surface area contributed by atoms with Gasteiger partial charge in [-0.3, -0.25) is 4.79 Å². The van der Waals surface area contributed by atoms with Crippen LogP contribution in [0, 0.1) is 0 Å². The molecule has 0 aliphatic carbocycles. The zero-order chi connectivity index (χ0) is 12.6. The maximum Gasteiger partial charge on any atom is 0.150 e. The summed E-state index contributed by atoms with van der Waals surface area (Å²) in [6, 6.07) is 0.383. The summed E-state index contributed by atoms with van der Waals surface area (Å²) in [5.74, 6) is 0.433. The van der Waals surface area contributed by atoms with Gasteiger partial charge in [0.25, 0.3) is 0 Å². The molecule has 0 aromatic rings. The van der Waals surface area contributed by atoms with Gasteiger partial charge in [0, 0.05) is 31.2 Å². The molecular weight excluding hydrogens is 226 g/mol. The van der Waals surface area contributed by atoms with Crippen LogP contribution in [0.5, 0.6) is 0 Å². The SMILES string of the molecule is CCS(=O)(=O)CCCC(=O)CCNC(C)C. The average molecular weight is 249 g/mol. The van der Waals surface area contributed by atoms with E-state index in [1.807, 2.05) is 13.8 Å². The number of rotatable bonds is 9. The minimum absolute atomic E-state index is 0.132. The normalized spacial score (nSPS) is 12.0. The maximum atomic E-state index is 11.4. The lowest BCUT2D eigenvalue weighted by molar-refractivity contribution is -0.119. The van der Waals surface area contributed by atoms with Crippen molar-refractivity contribution < 1.29 is 13.2 Å². The molecule has 0 rings (SSSR count). The van der Waals surface area contributed by atoms with Gasteiger partial charge >= 0.3 is 0 Å². The second kappa shape index (κ2) is 7.79. The Labute approximate surface area is 98.7 Å². The van der Waals surface area contributed by atoms with Crippen LogP contribution >= 0.6 is 0 Å². The van der Waals surface area contributed by atoms with Crippen LogP contribution in [0.1, 0.15) is 40.0 Å². The molecule has 0 amide bonds. The monoisotopic (exact) mass is 249 g/mol. The van der Waals surface area contributed by atoms with Crippen molar-refractivity contribution in [1.82, 2.24) is 5.32 Å². The number of carbonyl (C=O) groups is 1. The van der Waals surface area contributed by atoms with Gasteiger partial charge in [0.1, 0.15) is 15.6 Å². The van der Waals surface area contributed by atoms with Crippen molar-refractivity contribution in [3.8, 4) is 0 Å². The smallest absolute Gasteiger partial charge is 0.150 e. The van der Waals surface area contributed by atoms with Crippen LogP contribution in [0.2, 0.25) is 0 Å². The van der Waals surface area contributed by atoms with Crippen molar-refractivity contribution in [3.63, 3.8) is 0 Å². The number of nitrogens with one attached hydrogen (secondary N) is 1. The molecular formula is C11H23NO3S. The third-order valence-corrected chi connectivity index (χ3v) is 4.10. The van der Waals surface area contributed by atoms with Crippen LogP contribution in [0.3, 0.4) is 0 Å². The van der Waals surface area contributed by atoms with Crippen molar-refractivity contribution in [3.05, 3.63) is 0 Å². The van der Waals surface area contributed by atoms with Crippen LogP contribution in [0.25, 0.3) is 0 Å². The zero-order valence-corrected chi connectivity index (χ0v) is 11.3. The van der Waals surface area contributed by atoms with Crippen molar-refractivity contribution in [1.29, 1.82) is 0 Å². The lowest BCUT2D eigenvalue weighted by Crippen LogP contribution is -2.25. The van der Waals surface area contributed by atoms with E-state index in [0.717, 1.165) is 0 Å². The van der Waals surface area contributed by atoms with Crippen molar-refractivity contribution >= 4 is 15.6 Å². The average Bonchev–Trinajstić information content (AvgIpc) is 2.17. The molecule has 0 spiro atoms. The summed E-state index contributed by atoms with van der Waals surface area (Å²) in [6.07, 6.45) is 1.32. The highest BCUT2D eigenvalue weighted by Gasteiger charge is 2.09. The van der Waals surface area contributed by atoms with E-state index in [-0.39, 0.29) is 17.3 Å². The number of ketones is 1. The molecule has 0 heterocycles. The van der Waals surface area contributed by atoms with E-state index >= 15 is 0 Å². The highest BCUT2D eigenvalue weighted by atomic mass is 32.2. The van der Waals surface area contributed by atoms with Crippen molar-refractivity contribution in [2.45, 2.75) is 46.1 Å². The molecule has 0 atom stereocenters. The predicted molar refractivity (Wildman–Crippen MR) is 66.3 cm³/mol. The molecule has 96 valence electrons. The summed E-state index contributed by atoms with van der Waals surface area (Å²) in [6.45, 7) is 6.36. The molecule has 0 aromatic carbocycles. The molecule has 0 fully saturated rings. The molecule has 0 aliphatic rings. The summed E-state index contributed by atoms with van der Waals surface area (Å²) >= 11 is 0. The summed E-state index contributed by atoms with van der Waals surface area (Å²) in [5.41, 5.74) is 0. The van der Waals surface area contributed by atoms with E-state index in [1.54, 1.807) is 6.92 Å². The minimum atomic E-state index is -2.92. The van der Waals surface area contributed by atoms with Crippen molar-refractivity contribution in [2.75, 3.05) is 18.1 Å². The Bertz CT molecular complexity index is 296. The van der Waals surface area contributed by atoms with Gasteiger partial charge in [-0.2, -0.15) is 0 Å². The van der Waals surface area contributed by atoms with Gasteiger partial charge in [-0.05, 0) is 6.42 Å². The number of Topliss-reactive ketones (excluding diaryl/α,β-unsaturated/α-hetero) is 1. The lowest BCUT2D eigenvalue weighted by atomic mass is 10.2. The first-order chi connectivity index (χ1) is 7.37. The summed E-state index contributed by atoms with van der Waals surface area (Å²) < 4.78 is 22.3. The van der Waals surface area contributed by atoms with Crippen LogP contribution < -0.4 is 5.32 Å². The summed E-state index contributed by atoms with van der Waals surface area (Å²) in [5, 5.41) is 3.16. The van der Waals surface area contributed by atoms with E-state index in [9.17, 15) is 13.2 Å². The molecule has 16 heavy (non-hydrogen) atoms. The lowest BCUT2D eigenvalue weighted by Gasteiger charge is -2.06. The van der Waals surface area contributed by atoms with Gasteiger partial charge in [-0.25, -0.2) is 8.42 Å². The number of sulfone groups is 1. The first-order valence-electron chi connectivity index (χ1n) is 5.83. The van der Waals surface area contributed by atoms with E-state index in [4.69, 9.17) is 0 Å². The number of hydrogen-bond acceptors (Lipinski definition) is 4. The molecule has 0 radical (unpaired) electrons. The fraction of sp³-hybridized carbons (Fsp3) is 0.909. The maximum absolute atomic E-state index is 11.4. The zero-order valence-electron chi connectivity index (χ0n) is 10.5. The molecule has 0 bridgehead atoms. The van der Waals surface area contributed by atoms with Crippen molar-refractivity contribution in [2.24, 2.45) is 0 Å². The molecule has 4 nitrogen and oxygen atoms in total. The summed E-state index contributed by atoms with van der Waals surface area (Å²) in [7, 11) is -2.92. The second-order valence-corrected chi connectivity index (χ2v) is 6.71. The van der Waals surface area contributed by atoms with Gasteiger partial charge in [-0.15, -0.1) is 0 Å². The Morgan fingerprint density at radius 3 is 2.38 bits per heavy atom. The van der Waals surface area contributed by atoms with E-state index < -0.39 is 9.84 Å². The Morgan fingerprint density at radius 2 is 1.88 bits per heavy atom. The molecule has 0 unspecified atom stereocenters. The molecule has 0 aromatic heterocycles. The first kappa shape index (κ1) is 15.6. The van der Waals surface area contributed by atoms with E-state index in [1.165, 1.54) is 0 Å². The fourth-order valence-electron chi connectivity index (χ4n) is 1.26.